The minimum absolute atomic E-state index is 0.0381. The maximum absolute atomic E-state index is 12.5. The molecule has 1 amide bonds. The number of benzene rings is 3. The van der Waals surface area contributed by atoms with Gasteiger partial charge in [-0.1, -0.05) is 91.0 Å². The summed E-state index contributed by atoms with van der Waals surface area (Å²) in [5.74, 6) is 0.103. The van der Waals surface area contributed by atoms with Crippen molar-refractivity contribution in [1.29, 1.82) is 0 Å². The number of nitrogens with zero attached hydrogens (tertiary/aromatic N) is 1. The number of hydrogen-bond acceptors (Lipinski definition) is 2. The Kier molecular flexibility index (Phi) is 4.80. The first-order chi connectivity index (χ1) is 12.8. The van der Waals surface area contributed by atoms with E-state index in [1.807, 2.05) is 54.6 Å². The Labute approximate surface area is 154 Å². The molecule has 0 radical (unpaired) electrons. The summed E-state index contributed by atoms with van der Waals surface area (Å²) in [7, 11) is 0. The topological polar surface area (TPSA) is 32.3 Å². The molecule has 2 atom stereocenters. The molecule has 3 aromatic carbocycles. The fourth-order valence-corrected chi connectivity index (χ4v) is 3.56. The fourth-order valence-electron chi connectivity index (χ4n) is 3.56. The second kappa shape index (κ2) is 7.54. The lowest BCUT2D eigenvalue weighted by Crippen LogP contribution is -2.63. The van der Waals surface area contributed by atoms with Crippen molar-refractivity contribution in [3.05, 3.63) is 108 Å². The number of carbonyl (C=O) groups excluding carboxylic acids is 1. The van der Waals surface area contributed by atoms with Gasteiger partial charge in [-0.05, 0) is 16.7 Å². The standard InChI is InChI=1S/C23H22N2O/c26-23-22(21(24-23)20-14-8-3-9-15-20)25(16-18-10-4-1-5-11-18)17-19-12-6-2-7-13-19/h1-15,21-22H,16-17H2,(H,24,26)/t21-,22-/m0/s1. The smallest absolute Gasteiger partial charge is 0.240 e. The maximum Gasteiger partial charge on any atom is 0.240 e. The molecule has 1 saturated heterocycles. The Morgan fingerprint density at radius 3 is 1.62 bits per heavy atom. The van der Waals surface area contributed by atoms with Gasteiger partial charge in [0.15, 0.2) is 0 Å². The molecule has 0 aliphatic carbocycles. The molecular weight excluding hydrogens is 320 g/mol. The van der Waals surface area contributed by atoms with Gasteiger partial charge < -0.3 is 5.32 Å². The van der Waals surface area contributed by atoms with Gasteiger partial charge in [-0.3, -0.25) is 9.69 Å². The van der Waals surface area contributed by atoms with Crippen molar-refractivity contribution in [1.82, 2.24) is 10.2 Å². The van der Waals surface area contributed by atoms with Gasteiger partial charge in [0.05, 0.1) is 6.04 Å². The van der Waals surface area contributed by atoms with E-state index in [9.17, 15) is 4.79 Å². The van der Waals surface area contributed by atoms with Crippen molar-refractivity contribution in [3.63, 3.8) is 0 Å². The second-order valence-electron chi connectivity index (χ2n) is 6.72. The van der Waals surface area contributed by atoms with E-state index in [-0.39, 0.29) is 18.0 Å². The van der Waals surface area contributed by atoms with Gasteiger partial charge in [-0.2, -0.15) is 0 Å². The highest BCUT2D eigenvalue weighted by atomic mass is 16.2. The zero-order valence-corrected chi connectivity index (χ0v) is 14.6. The van der Waals surface area contributed by atoms with Gasteiger partial charge >= 0.3 is 0 Å². The van der Waals surface area contributed by atoms with E-state index in [2.05, 4.69) is 46.6 Å². The van der Waals surface area contributed by atoms with E-state index in [0.29, 0.717) is 0 Å². The van der Waals surface area contributed by atoms with Gasteiger partial charge in [0.2, 0.25) is 5.91 Å². The quantitative estimate of drug-likeness (QED) is 0.689. The molecular formula is C23H22N2O. The minimum Gasteiger partial charge on any atom is -0.346 e. The molecule has 1 fully saturated rings. The lowest BCUT2D eigenvalue weighted by molar-refractivity contribution is -0.138. The average Bonchev–Trinajstić information content (AvgIpc) is 2.68. The Bertz CT molecular complexity index is 808. The van der Waals surface area contributed by atoms with Crippen LogP contribution in [0.15, 0.2) is 91.0 Å². The molecule has 1 heterocycles. The second-order valence-corrected chi connectivity index (χ2v) is 6.72. The lowest BCUT2D eigenvalue weighted by atomic mass is 9.89. The molecule has 0 spiro atoms. The molecule has 0 bridgehead atoms. The van der Waals surface area contributed by atoms with Crippen molar-refractivity contribution in [2.24, 2.45) is 0 Å². The molecule has 1 aliphatic heterocycles. The number of rotatable bonds is 6. The van der Waals surface area contributed by atoms with E-state index in [1.165, 1.54) is 11.1 Å². The van der Waals surface area contributed by atoms with Gasteiger partial charge in [-0.15, -0.1) is 0 Å². The highest BCUT2D eigenvalue weighted by Gasteiger charge is 2.44. The van der Waals surface area contributed by atoms with E-state index in [4.69, 9.17) is 0 Å². The summed E-state index contributed by atoms with van der Waals surface area (Å²) in [5, 5.41) is 3.08. The normalized spacial score (nSPS) is 19.0. The largest absolute Gasteiger partial charge is 0.346 e. The van der Waals surface area contributed by atoms with Gasteiger partial charge in [0, 0.05) is 13.1 Å². The molecule has 0 saturated carbocycles. The predicted molar refractivity (Wildman–Crippen MR) is 103 cm³/mol. The van der Waals surface area contributed by atoms with Crippen LogP contribution in [-0.2, 0) is 17.9 Å². The first-order valence-corrected chi connectivity index (χ1v) is 8.98. The summed E-state index contributed by atoms with van der Waals surface area (Å²) in [6.45, 7) is 1.49. The maximum atomic E-state index is 12.5. The lowest BCUT2D eigenvalue weighted by Gasteiger charge is -2.44. The molecule has 0 aromatic heterocycles. The summed E-state index contributed by atoms with van der Waals surface area (Å²) in [5.41, 5.74) is 3.59. The first kappa shape index (κ1) is 16.6. The van der Waals surface area contributed by atoms with Crippen LogP contribution in [0.2, 0.25) is 0 Å². The third kappa shape index (κ3) is 3.53. The van der Waals surface area contributed by atoms with Crippen molar-refractivity contribution in [3.8, 4) is 0 Å². The van der Waals surface area contributed by atoms with Crippen LogP contribution in [-0.4, -0.2) is 16.8 Å². The fraction of sp³-hybridized carbons (Fsp3) is 0.174. The highest BCUT2D eigenvalue weighted by molar-refractivity contribution is 5.89. The first-order valence-electron chi connectivity index (χ1n) is 8.98. The Balaban J connectivity index is 1.61. The molecule has 130 valence electrons. The monoisotopic (exact) mass is 342 g/mol. The molecule has 0 unspecified atom stereocenters. The van der Waals surface area contributed by atoms with E-state index < -0.39 is 0 Å². The molecule has 1 N–H and O–H groups in total. The van der Waals surface area contributed by atoms with Crippen LogP contribution in [0.25, 0.3) is 0 Å². The van der Waals surface area contributed by atoms with Crippen molar-refractivity contribution < 1.29 is 4.79 Å². The van der Waals surface area contributed by atoms with Crippen LogP contribution in [0, 0.1) is 0 Å². The van der Waals surface area contributed by atoms with Crippen molar-refractivity contribution >= 4 is 5.91 Å². The van der Waals surface area contributed by atoms with Crippen LogP contribution >= 0.6 is 0 Å². The van der Waals surface area contributed by atoms with E-state index in [0.717, 1.165) is 18.7 Å². The van der Waals surface area contributed by atoms with Crippen LogP contribution < -0.4 is 5.32 Å². The van der Waals surface area contributed by atoms with Crippen LogP contribution in [0.4, 0.5) is 0 Å². The molecule has 3 nitrogen and oxygen atoms in total. The number of β-lactam (4-membered cyclic amide) rings is 1. The number of amides is 1. The van der Waals surface area contributed by atoms with Crippen molar-refractivity contribution in [2.75, 3.05) is 0 Å². The third-order valence-electron chi connectivity index (χ3n) is 4.89. The van der Waals surface area contributed by atoms with Crippen LogP contribution in [0.1, 0.15) is 22.7 Å². The predicted octanol–water partition coefficient (Wildman–Crippen LogP) is 3.93. The van der Waals surface area contributed by atoms with E-state index >= 15 is 0 Å². The van der Waals surface area contributed by atoms with Gasteiger partial charge in [0.25, 0.3) is 0 Å². The Morgan fingerprint density at radius 1 is 0.692 bits per heavy atom. The number of carbonyl (C=O) groups is 1. The zero-order valence-electron chi connectivity index (χ0n) is 14.6. The molecule has 4 rings (SSSR count). The number of hydrogen-bond donors (Lipinski definition) is 1. The zero-order chi connectivity index (χ0) is 17.8. The highest BCUT2D eigenvalue weighted by Crippen LogP contribution is 2.31. The van der Waals surface area contributed by atoms with E-state index in [1.54, 1.807) is 0 Å². The molecule has 1 aliphatic rings. The SMILES string of the molecule is O=C1N[C@@H](c2ccccc2)[C@@H]1N(Cc1ccccc1)Cc1ccccc1. The summed E-state index contributed by atoms with van der Waals surface area (Å²) >= 11 is 0. The van der Waals surface area contributed by atoms with Crippen LogP contribution in [0.3, 0.4) is 0 Å². The molecule has 3 heteroatoms. The average molecular weight is 342 g/mol. The minimum atomic E-state index is -0.155. The van der Waals surface area contributed by atoms with Crippen LogP contribution in [0.5, 0.6) is 0 Å². The number of nitrogens with one attached hydrogen (secondary N) is 1. The Hall–Kier alpha value is -2.91. The van der Waals surface area contributed by atoms with Gasteiger partial charge in [0.1, 0.15) is 6.04 Å². The van der Waals surface area contributed by atoms with Gasteiger partial charge in [-0.25, -0.2) is 0 Å². The summed E-state index contributed by atoms with van der Waals surface area (Å²) in [6.07, 6.45) is 0. The summed E-state index contributed by atoms with van der Waals surface area (Å²) in [4.78, 5) is 14.8. The summed E-state index contributed by atoms with van der Waals surface area (Å²) in [6, 6.07) is 30.8. The third-order valence-corrected chi connectivity index (χ3v) is 4.89. The summed E-state index contributed by atoms with van der Waals surface area (Å²) < 4.78 is 0. The Morgan fingerprint density at radius 2 is 1.15 bits per heavy atom. The van der Waals surface area contributed by atoms with Crippen molar-refractivity contribution in [2.45, 2.75) is 25.2 Å². The molecule has 3 aromatic rings. The molecule has 26 heavy (non-hydrogen) atoms.